The number of benzene rings is 1. The van der Waals surface area contributed by atoms with Crippen molar-refractivity contribution < 1.29 is 24.2 Å². The van der Waals surface area contributed by atoms with E-state index in [1.807, 2.05) is 30.3 Å². The van der Waals surface area contributed by atoms with E-state index >= 15 is 0 Å². The van der Waals surface area contributed by atoms with Gasteiger partial charge in [0.2, 0.25) is 0 Å². The minimum Gasteiger partial charge on any atom is -0.481 e. The normalized spacial score (nSPS) is 10.5. The van der Waals surface area contributed by atoms with Gasteiger partial charge in [0.15, 0.2) is 0 Å². The van der Waals surface area contributed by atoms with Gasteiger partial charge in [-0.05, 0) is 5.56 Å². The number of aliphatic carboxylic acids is 1. The lowest BCUT2D eigenvalue weighted by molar-refractivity contribution is -0.149. The molecular weight excluding hydrogens is 356 g/mol. The molecule has 1 heterocycles. The Bertz CT molecular complexity index is 887. The number of aromatic amines is 1. The molecule has 0 unspecified atom stereocenters. The molecule has 0 saturated heterocycles. The summed E-state index contributed by atoms with van der Waals surface area (Å²) in [5.74, 6) is -1.71. The predicted octanol–water partition coefficient (Wildman–Crippen LogP) is 0.509. The minimum atomic E-state index is -1.08. The number of hydrogen-bond donors (Lipinski definition) is 2. The summed E-state index contributed by atoms with van der Waals surface area (Å²) >= 11 is 0. The van der Waals surface area contributed by atoms with Gasteiger partial charge in [-0.25, -0.2) is 4.79 Å². The Labute approximate surface area is 154 Å². The molecule has 9 nitrogen and oxygen atoms in total. The van der Waals surface area contributed by atoms with Crippen LogP contribution < -0.4 is 11.2 Å². The molecule has 1 aromatic heterocycles. The van der Waals surface area contributed by atoms with Crippen molar-refractivity contribution in [3.8, 4) is 0 Å². The lowest BCUT2D eigenvalue weighted by Crippen LogP contribution is -2.32. The SMILES string of the molecule is O=C(O)CCC(=O)OCCOCn1cc(Cc2ccccc2)c(=O)[nH]c1=O. The maximum absolute atomic E-state index is 11.9. The van der Waals surface area contributed by atoms with E-state index in [0.29, 0.717) is 12.0 Å². The molecule has 0 aliphatic carbocycles. The molecule has 0 spiro atoms. The summed E-state index contributed by atoms with van der Waals surface area (Å²) in [5.41, 5.74) is 0.301. The number of rotatable bonds is 10. The smallest absolute Gasteiger partial charge is 0.330 e. The topological polar surface area (TPSA) is 128 Å². The summed E-state index contributed by atoms with van der Waals surface area (Å²) in [4.78, 5) is 47.6. The summed E-state index contributed by atoms with van der Waals surface area (Å²) in [6, 6.07) is 9.35. The van der Waals surface area contributed by atoms with Gasteiger partial charge in [0.25, 0.3) is 5.56 Å². The summed E-state index contributed by atoms with van der Waals surface area (Å²) < 4.78 is 11.3. The highest BCUT2D eigenvalue weighted by atomic mass is 16.6. The van der Waals surface area contributed by atoms with Crippen LogP contribution in [-0.4, -0.2) is 39.8 Å². The molecule has 0 bridgehead atoms. The van der Waals surface area contributed by atoms with Crippen LogP contribution in [0.3, 0.4) is 0 Å². The van der Waals surface area contributed by atoms with E-state index in [0.717, 1.165) is 5.56 Å². The highest BCUT2D eigenvalue weighted by molar-refractivity contribution is 5.76. The largest absolute Gasteiger partial charge is 0.481 e. The third-order valence-corrected chi connectivity index (χ3v) is 3.59. The summed E-state index contributed by atoms with van der Waals surface area (Å²) in [6.45, 7) is -0.157. The van der Waals surface area contributed by atoms with Crippen LogP contribution in [-0.2, 0) is 32.2 Å². The minimum absolute atomic E-state index is 0.0262. The lowest BCUT2D eigenvalue weighted by atomic mass is 10.1. The first-order chi connectivity index (χ1) is 13.0. The number of nitrogens with zero attached hydrogens (tertiary/aromatic N) is 1. The highest BCUT2D eigenvalue weighted by Gasteiger charge is 2.08. The van der Waals surface area contributed by atoms with Gasteiger partial charge in [-0.2, -0.15) is 0 Å². The second kappa shape index (κ2) is 10.1. The maximum Gasteiger partial charge on any atom is 0.330 e. The van der Waals surface area contributed by atoms with E-state index < -0.39 is 23.2 Å². The van der Waals surface area contributed by atoms with Gasteiger partial charge in [-0.1, -0.05) is 30.3 Å². The molecule has 0 atom stereocenters. The van der Waals surface area contributed by atoms with Crippen LogP contribution >= 0.6 is 0 Å². The molecule has 2 aromatic rings. The van der Waals surface area contributed by atoms with Gasteiger partial charge in [-0.15, -0.1) is 0 Å². The Morgan fingerprint density at radius 2 is 1.81 bits per heavy atom. The maximum atomic E-state index is 11.9. The van der Waals surface area contributed by atoms with Crippen molar-refractivity contribution >= 4 is 11.9 Å². The van der Waals surface area contributed by atoms with E-state index in [4.69, 9.17) is 14.6 Å². The zero-order valence-corrected chi connectivity index (χ0v) is 14.6. The van der Waals surface area contributed by atoms with E-state index in [2.05, 4.69) is 4.98 Å². The van der Waals surface area contributed by atoms with Crippen LogP contribution in [0, 0.1) is 0 Å². The molecule has 0 aliphatic heterocycles. The number of aromatic nitrogens is 2. The van der Waals surface area contributed by atoms with Crippen molar-refractivity contribution in [3.63, 3.8) is 0 Å². The fourth-order valence-corrected chi connectivity index (χ4v) is 2.25. The molecule has 1 aromatic carbocycles. The number of carbonyl (C=O) groups is 2. The van der Waals surface area contributed by atoms with Crippen molar-refractivity contribution in [2.24, 2.45) is 0 Å². The number of hydrogen-bond acceptors (Lipinski definition) is 6. The van der Waals surface area contributed by atoms with Crippen molar-refractivity contribution in [1.29, 1.82) is 0 Å². The molecule has 27 heavy (non-hydrogen) atoms. The quantitative estimate of drug-likeness (QED) is 0.457. The second-order valence-electron chi connectivity index (χ2n) is 5.70. The van der Waals surface area contributed by atoms with Crippen molar-refractivity contribution in [3.05, 3.63) is 68.5 Å². The molecule has 144 valence electrons. The molecule has 9 heteroatoms. The Balaban J connectivity index is 1.85. The van der Waals surface area contributed by atoms with E-state index in [9.17, 15) is 19.2 Å². The fraction of sp³-hybridized carbons (Fsp3) is 0.333. The Hall–Kier alpha value is -3.20. The van der Waals surface area contributed by atoms with Crippen molar-refractivity contribution in [2.75, 3.05) is 13.2 Å². The molecule has 0 saturated carbocycles. The van der Waals surface area contributed by atoms with Gasteiger partial charge in [0.1, 0.15) is 13.3 Å². The van der Waals surface area contributed by atoms with Crippen LogP contribution in [0.25, 0.3) is 0 Å². The van der Waals surface area contributed by atoms with Crippen LogP contribution in [0.2, 0.25) is 0 Å². The zero-order chi connectivity index (χ0) is 19.6. The second-order valence-corrected chi connectivity index (χ2v) is 5.70. The van der Waals surface area contributed by atoms with Gasteiger partial charge in [0, 0.05) is 18.2 Å². The number of ether oxygens (including phenoxy) is 2. The lowest BCUT2D eigenvalue weighted by Gasteiger charge is -2.09. The molecule has 0 amide bonds. The number of carboxylic acid groups (broad SMARTS) is 1. The van der Waals surface area contributed by atoms with Gasteiger partial charge < -0.3 is 14.6 Å². The Morgan fingerprint density at radius 1 is 1.07 bits per heavy atom. The predicted molar refractivity (Wildman–Crippen MR) is 94.4 cm³/mol. The number of carboxylic acids is 1. The van der Waals surface area contributed by atoms with Crippen LogP contribution in [0.1, 0.15) is 24.0 Å². The van der Waals surface area contributed by atoms with E-state index in [1.165, 1.54) is 10.8 Å². The van der Waals surface area contributed by atoms with Crippen LogP contribution in [0.15, 0.2) is 46.1 Å². The fourth-order valence-electron chi connectivity index (χ4n) is 2.25. The molecule has 2 N–H and O–H groups in total. The average molecular weight is 376 g/mol. The number of nitrogens with one attached hydrogen (secondary N) is 1. The van der Waals surface area contributed by atoms with Gasteiger partial charge in [-0.3, -0.25) is 23.9 Å². The summed E-state index contributed by atoms with van der Waals surface area (Å²) in [7, 11) is 0. The number of esters is 1. The Kier molecular flexibility index (Phi) is 7.50. The molecule has 0 aliphatic rings. The number of H-pyrrole nitrogens is 1. The standard InChI is InChI=1S/C18H20N2O7/c21-15(22)6-7-16(23)27-9-8-26-12-20-11-14(17(24)19-18(20)25)10-13-4-2-1-3-5-13/h1-5,11H,6-10,12H2,(H,21,22)(H,19,24,25). The van der Waals surface area contributed by atoms with Crippen molar-refractivity contribution in [2.45, 2.75) is 26.0 Å². The molecular formula is C18H20N2O7. The van der Waals surface area contributed by atoms with Crippen LogP contribution in [0.4, 0.5) is 0 Å². The molecule has 2 rings (SSSR count). The Morgan fingerprint density at radius 3 is 2.52 bits per heavy atom. The zero-order valence-electron chi connectivity index (χ0n) is 14.6. The first-order valence-corrected chi connectivity index (χ1v) is 8.27. The average Bonchev–Trinajstić information content (AvgIpc) is 2.64. The first kappa shape index (κ1) is 20.1. The third-order valence-electron chi connectivity index (χ3n) is 3.59. The molecule has 0 fully saturated rings. The molecule has 0 radical (unpaired) electrons. The monoisotopic (exact) mass is 376 g/mol. The van der Waals surface area contributed by atoms with Gasteiger partial charge >= 0.3 is 17.6 Å². The van der Waals surface area contributed by atoms with Gasteiger partial charge in [0.05, 0.1) is 19.4 Å². The van der Waals surface area contributed by atoms with E-state index in [1.54, 1.807) is 0 Å². The number of carbonyl (C=O) groups excluding carboxylic acids is 1. The third kappa shape index (κ3) is 6.90. The first-order valence-electron chi connectivity index (χ1n) is 8.27. The van der Waals surface area contributed by atoms with E-state index in [-0.39, 0.29) is 32.8 Å². The highest BCUT2D eigenvalue weighted by Crippen LogP contribution is 2.04. The van der Waals surface area contributed by atoms with Crippen molar-refractivity contribution in [1.82, 2.24) is 9.55 Å². The van der Waals surface area contributed by atoms with Crippen LogP contribution in [0.5, 0.6) is 0 Å². The summed E-state index contributed by atoms with van der Waals surface area (Å²) in [5, 5.41) is 8.47. The summed E-state index contributed by atoms with van der Waals surface area (Å²) in [6.07, 6.45) is 1.30.